The number of piperidine rings is 1. The lowest BCUT2D eigenvalue weighted by Crippen LogP contribution is -2.44. The second kappa shape index (κ2) is 9.68. The highest BCUT2D eigenvalue weighted by molar-refractivity contribution is 5.93. The van der Waals surface area contributed by atoms with Crippen LogP contribution >= 0.6 is 0 Å². The van der Waals surface area contributed by atoms with Gasteiger partial charge in [-0.1, -0.05) is 24.3 Å². The summed E-state index contributed by atoms with van der Waals surface area (Å²) in [6, 6.07) is 15.1. The summed E-state index contributed by atoms with van der Waals surface area (Å²) in [5.41, 5.74) is 0.297. The van der Waals surface area contributed by atoms with Gasteiger partial charge in [-0.25, -0.2) is 0 Å². The molecule has 1 unspecified atom stereocenters. The fraction of sp³-hybridized carbons (Fsp3) is 0.333. The molecule has 0 radical (unpaired) electrons. The average Bonchev–Trinajstić information content (AvgIpc) is 2.74. The van der Waals surface area contributed by atoms with Crippen LogP contribution in [-0.2, 0) is 9.59 Å². The van der Waals surface area contributed by atoms with Gasteiger partial charge in [0, 0.05) is 30.9 Å². The topological polar surface area (TPSA) is 102 Å². The number of nitro benzene ring substituents is 1. The predicted molar refractivity (Wildman–Crippen MR) is 108 cm³/mol. The molecule has 152 valence electrons. The van der Waals surface area contributed by atoms with Gasteiger partial charge in [-0.15, -0.1) is 0 Å². The molecule has 0 aromatic heterocycles. The molecule has 0 aliphatic carbocycles. The Morgan fingerprint density at radius 3 is 2.72 bits per heavy atom. The second-order valence-electron chi connectivity index (χ2n) is 6.89. The average molecular weight is 397 g/mol. The van der Waals surface area contributed by atoms with Crippen LogP contribution in [0.5, 0.6) is 5.75 Å². The molecule has 8 heteroatoms. The third-order valence-electron chi connectivity index (χ3n) is 4.80. The lowest BCUT2D eigenvalue weighted by atomic mass is 9.96. The summed E-state index contributed by atoms with van der Waals surface area (Å²) in [7, 11) is 0. The van der Waals surface area contributed by atoms with Gasteiger partial charge in [-0.2, -0.15) is 0 Å². The summed E-state index contributed by atoms with van der Waals surface area (Å²) in [6.45, 7) is 1.24. The maximum absolute atomic E-state index is 12.6. The fourth-order valence-corrected chi connectivity index (χ4v) is 3.29. The summed E-state index contributed by atoms with van der Waals surface area (Å²) < 4.78 is 5.57. The van der Waals surface area contributed by atoms with Gasteiger partial charge in [0.05, 0.1) is 23.9 Å². The molecule has 1 atom stereocenters. The van der Waals surface area contributed by atoms with E-state index in [2.05, 4.69) is 5.32 Å². The van der Waals surface area contributed by atoms with Gasteiger partial charge in [0.2, 0.25) is 11.8 Å². The van der Waals surface area contributed by atoms with Gasteiger partial charge in [0.15, 0.2) is 0 Å². The summed E-state index contributed by atoms with van der Waals surface area (Å²) in [4.78, 5) is 37.1. The van der Waals surface area contributed by atoms with Crippen LogP contribution in [0.4, 0.5) is 11.4 Å². The number of ether oxygens (including phenoxy) is 1. The number of hydrogen-bond acceptors (Lipinski definition) is 5. The molecule has 2 aromatic carbocycles. The number of anilines is 1. The summed E-state index contributed by atoms with van der Waals surface area (Å²) >= 11 is 0. The second-order valence-corrected chi connectivity index (χ2v) is 6.89. The zero-order valence-corrected chi connectivity index (χ0v) is 16.0. The number of likely N-dealkylation sites (tertiary alicyclic amines) is 1. The van der Waals surface area contributed by atoms with Crippen molar-refractivity contribution < 1.29 is 19.2 Å². The molecule has 3 rings (SSSR count). The first kappa shape index (κ1) is 20.3. The van der Waals surface area contributed by atoms with E-state index in [4.69, 9.17) is 4.74 Å². The van der Waals surface area contributed by atoms with Crippen LogP contribution in [0, 0.1) is 16.0 Å². The van der Waals surface area contributed by atoms with Crippen molar-refractivity contribution in [3.8, 4) is 5.75 Å². The van der Waals surface area contributed by atoms with Gasteiger partial charge >= 0.3 is 0 Å². The molecular weight excluding hydrogens is 374 g/mol. The number of benzene rings is 2. The monoisotopic (exact) mass is 397 g/mol. The minimum absolute atomic E-state index is 0.0474. The molecule has 0 spiro atoms. The van der Waals surface area contributed by atoms with E-state index in [1.54, 1.807) is 11.0 Å². The Morgan fingerprint density at radius 1 is 1.17 bits per heavy atom. The van der Waals surface area contributed by atoms with Crippen molar-refractivity contribution in [3.05, 3.63) is 64.7 Å². The number of rotatable bonds is 7. The van der Waals surface area contributed by atoms with Gasteiger partial charge in [0.25, 0.3) is 5.69 Å². The molecular formula is C21H23N3O5. The Morgan fingerprint density at radius 2 is 1.97 bits per heavy atom. The summed E-state index contributed by atoms with van der Waals surface area (Å²) in [5, 5.41) is 13.6. The van der Waals surface area contributed by atoms with Crippen molar-refractivity contribution in [2.45, 2.75) is 19.3 Å². The minimum Gasteiger partial charge on any atom is -0.493 e. The van der Waals surface area contributed by atoms with Crippen LogP contribution < -0.4 is 10.1 Å². The van der Waals surface area contributed by atoms with E-state index in [9.17, 15) is 19.7 Å². The number of para-hydroxylation sites is 1. The van der Waals surface area contributed by atoms with E-state index in [-0.39, 0.29) is 36.4 Å². The maximum Gasteiger partial charge on any atom is 0.271 e. The van der Waals surface area contributed by atoms with Crippen molar-refractivity contribution in [2.24, 2.45) is 5.92 Å². The van der Waals surface area contributed by atoms with Crippen molar-refractivity contribution in [2.75, 3.05) is 25.0 Å². The summed E-state index contributed by atoms with van der Waals surface area (Å²) in [6.07, 6.45) is 1.65. The highest BCUT2D eigenvalue weighted by Gasteiger charge is 2.28. The van der Waals surface area contributed by atoms with Crippen LogP contribution in [0.3, 0.4) is 0 Å². The number of nitro groups is 1. The van der Waals surface area contributed by atoms with Crippen molar-refractivity contribution in [1.29, 1.82) is 0 Å². The standard InChI is InChI=1S/C21H23N3O5/c25-20(11-13-29-19-9-2-1-3-10-19)23-12-5-6-16(15-23)21(26)22-17-7-4-8-18(14-17)24(27)28/h1-4,7-10,14,16H,5-6,11-13,15H2,(H,22,26). The molecule has 29 heavy (non-hydrogen) atoms. The van der Waals surface area contributed by atoms with E-state index >= 15 is 0 Å². The first-order valence-corrected chi connectivity index (χ1v) is 9.54. The number of amides is 2. The first-order valence-electron chi connectivity index (χ1n) is 9.54. The van der Waals surface area contributed by atoms with E-state index in [1.807, 2.05) is 30.3 Å². The SMILES string of the molecule is O=C(Nc1cccc([N+](=O)[O-])c1)C1CCCN(C(=O)CCOc2ccccc2)C1. The van der Waals surface area contributed by atoms with Crippen molar-refractivity contribution in [3.63, 3.8) is 0 Å². The quantitative estimate of drug-likeness (QED) is 0.571. The van der Waals surface area contributed by atoms with Crippen LogP contribution in [0.2, 0.25) is 0 Å². The first-order chi connectivity index (χ1) is 14.0. The molecule has 2 aromatic rings. The molecule has 0 saturated carbocycles. The molecule has 1 saturated heterocycles. The van der Waals surface area contributed by atoms with Crippen LogP contribution in [0.1, 0.15) is 19.3 Å². The smallest absolute Gasteiger partial charge is 0.271 e. The van der Waals surface area contributed by atoms with E-state index < -0.39 is 4.92 Å². The Hall–Kier alpha value is -3.42. The van der Waals surface area contributed by atoms with E-state index in [0.29, 0.717) is 30.9 Å². The minimum atomic E-state index is -0.506. The number of carbonyl (C=O) groups is 2. The van der Waals surface area contributed by atoms with Gasteiger partial charge in [-0.3, -0.25) is 19.7 Å². The molecule has 0 bridgehead atoms. The van der Waals surface area contributed by atoms with Gasteiger partial charge < -0.3 is 15.0 Å². The maximum atomic E-state index is 12.6. The molecule has 1 aliphatic rings. The highest BCUT2D eigenvalue weighted by Crippen LogP contribution is 2.22. The summed E-state index contributed by atoms with van der Waals surface area (Å²) in [5.74, 6) is 0.0903. The largest absolute Gasteiger partial charge is 0.493 e. The third-order valence-corrected chi connectivity index (χ3v) is 4.80. The molecule has 2 amide bonds. The van der Waals surface area contributed by atoms with E-state index in [0.717, 1.165) is 6.42 Å². The Kier molecular flexibility index (Phi) is 6.78. The molecule has 1 fully saturated rings. The molecule has 8 nitrogen and oxygen atoms in total. The number of carbonyl (C=O) groups excluding carboxylic acids is 2. The van der Waals surface area contributed by atoms with Crippen molar-refractivity contribution >= 4 is 23.2 Å². The number of non-ortho nitro benzene ring substituents is 1. The highest BCUT2D eigenvalue weighted by atomic mass is 16.6. The van der Waals surface area contributed by atoms with Crippen LogP contribution in [0.25, 0.3) is 0 Å². The zero-order valence-electron chi connectivity index (χ0n) is 16.0. The third kappa shape index (κ3) is 5.78. The Labute approximate surface area is 168 Å². The normalized spacial score (nSPS) is 16.1. The molecule has 1 heterocycles. The van der Waals surface area contributed by atoms with Crippen LogP contribution in [-0.4, -0.2) is 41.3 Å². The predicted octanol–water partition coefficient (Wildman–Crippen LogP) is 3.24. The van der Waals surface area contributed by atoms with E-state index in [1.165, 1.54) is 18.2 Å². The Bertz CT molecular complexity index is 872. The zero-order chi connectivity index (χ0) is 20.6. The van der Waals surface area contributed by atoms with Crippen molar-refractivity contribution in [1.82, 2.24) is 4.90 Å². The molecule has 1 aliphatic heterocycles. The van der Waals surface area contributed by atoms with Crippen LogP contribution in [0.15, 0.2) is 54.6 Å². The lowest BCUT2D eigenvalue weighted by molar-refractivity contribution is -0.384. The Balaban J connectivity index is 1.50. The van der Waals surface area contributed by atoms with Gasteiger partial charge in [0.1, 0.15) is 5.75 Å². The number of nitrogens with one attached hydrogen (secondary N) is 1. The fourth-order valence-electron chi connectivity index (χ4n) is 3.29. The number of hydrogen-bond donors (Lipinski definition) is 1. The molecule has 1 N–H and O–H groups in total. The van der Waals surface area contributed by atoms with Gasteiger partial charge in [-0.05, 0) is 31.0 Å². The lowest BCUT2D eigenvalue weighted by Gasteiger charge is -2.32. The number of nitrogens with zero attached hydrogens (tertiary/aromatic N) is 2.